The van der Waals surface area contributed by atoms with Gasteiger partial charge in [-0.15, -0.1) is 6.58 Å². The van der Waals surface area contributed by atoms with Crippen LogP contribution in [-0.2, 0) is 14.3 Å². The van der Waals surface area contributed by atoms with Crippen LogP contribution in [0.25, 0.3) is 0 Å². The lowest BCUT2D eigenvalue weighted by atomic mass is 9.45. The van der Waals surface area contributed by atoms with Gasteiger partial charge in [0.05, 0.1) is 5.60 Å². The van der Waals surface area contributed by atoms with Crippen molar-refractivity contribution in [3.63, 3.8) is 0 Å². The third-order valence-electron chi connectivity index (χ3n) is 7.43. The maximum atomic E-state index is 12.4. The van der Waals surface area contributed by atoms with E-state index in [-0.39, 0.29) is 40.5 Å². The zero-order chi connectivity index (χ0) is 19.9. The molecule has 0 radical (unpaired) electrons. The Morgan fingerprint density at radius 2 is 2.12 bits per heavy atom. The van der Waals surface area contributed by atoms with Gasteiger partial charge in [0.25, 0.3) is 0 Å². The van der Waals surface area contributed by atoms with Gasteiger partial charge in [-0.3, -0.25) is 9.59 Å². The van der Waals surface area contributed by atoms with Crippen LogP contribution in [0.1, 0.15) is 67.2 Å². The molecule has 0 aliphatic heterocycles. The average Bonchev–Trinajstić information content (AvgIpc) is 2.53. The van der Waals surface area contributed by atoms with E-state index in [0.717, 1.165) is 18.4 Å². The minimum atomic E-state index is -0.921. The Hall–Kier alpha value is -1.42. The van der Waals surface area contributed by atoms with Gasteiger partial charge in [-0.1, -0.05) is 32.4 Å². The molecule has 0 saturated heterocycles. The molecule has 1 fully saturated rings. The highest BCUT2D eigenvalue weighted by Gasteiger charge is 2.60. The number of fused-ring (bicyclic) bond motifs is 1. The second-order valence-electron chi connectivity index (χ2n) is 9.14. The second kappa shape index (κ2) is 6.95. The normalized spacial score (nSPS) is 39.4. The van der Waals surface area contributed by atoms with Crippen LogP contribution in [0.15, 0.2) is 24.3 Å². The number of carbonyl (C=O) groups excluding carboxylic acids is 2. The Kier molecular flexibility index (Phi) is 5.59. The highest BCUT2D eigenvalue weighted by molar-refractivity contribution is 5.92. The number of allylic oxidation sites excluding steroid dienone is 1. The van der Waals surface area contributed by atoms with Crippen LogP contribution in [-0.4, -0.2) is 28.6 Å². The highest BCUT2D eigenvalue weighted by Crippen LogP contribution is 2.62. The van der Waals surface area contributed by atoms with Crippen LogP contribution < -0.4 is 0 Å². The molecule has 2 aliphatic rings. The van der Waals surface area contributed by atoms with Crippen LogP contribution in [0.4, 0.5) is 0 Å². The molecule has 4 heteroatoms. The number of ketones is 1. The van der Waals surface area contributed by atoms with Gasteiger partial charge in [0.15, 0.2) is 5.78 Å². The molecule has 0 aromatic heterocycles. The monoisotopic (exact) mass is 362 g/mol. The predicted octanol–water partition coefficient (Wildman–Crippen LogP) is 4.22. The minimum Gasteiger partial charge on any atom is -0.462 e. The number of hydrogen-bond acceptors (Lipinski definition) is 4. The lowest BCUT2D eigenvalue weighted by Gasteiger charge is -2.60. The molecule has 0 aromatic carbocycles. The molecule has 2 rings (SSSR count). The standard InChI is InChI=1S/C22H34O4/c1-8-20(5,25)9-10-21(6)14(2)12-19(26-16(4)23)22(7)15(3)11-17(24)13-18(21)22/h8,11,14,18-19,25H,1,9-10,12-13H2,2-7H3/t14-,18+,19-,20-,21+,22+/m1/s1. The van der Waals surface area contributed by atoms with Crippen molar-refractivity contribution in [2.45, 2.75) is 78.9 Å². The molecule has 0 aromatic rings. The number of ether oxygens (including phenoxy) is 1. The van der Waals surface area contributed by atoms with Crippen molar-refractivity contribution in [1.29, 1.82) is 0 Å². The van der Waals surface area contributed by atoms with Crippen LogP contribution >= 0.6 is 0 Å². The first kappa shape index (κ1) is 20.9. The van der Waals surface area contributed by atoms with Crippen LogP contribution in [0, 0.1) is 22.7 Å². The fourth-order valence-corrected chi connectivity index (χ4v) is 5.13. The summed E-state index contributed by atoms with van der Waals surface area (Å²) in [6.07, 6.45) is 5.70. The van der Waals surface area contributed by atoms with Crippen LogP contribution in [0.2, 0.25) is 0 Å². The topological polar surface area (TPSA) is 63.6 Å². The molecule has 1 N–H and O–H groups in total. The molecule has 146 valence electrons. The van der Waals surface area contributed by atoms with Crippen LogP contribution in [0.5, 0.6) is 0 Å². The number of carbonyl (C=O) groups is 2. The smallest absolute Gasteiger partial charge is 0.302 e. The van der Waals surface area contributed by atoms with E-state index >= 15 is 0 Å². The number of rotatable bonds is 5. The van der Waals surface area contributed by atoms with Crippen molar-refractivity contribution >= 4 is 11.8 Å². The molecule has 0 amide bonds. The molecule has 0 bridgehead atoms. The molecular weight excluding hydrogens is 328 g/mol. The summed E-state index contributed by atoms with van der Waals surface area (Å²) in [5.41, 5.74) is -0.418. The first-order valence-corrected chi connectivity index (χ1v) is 9.61. The maximum absolute atomic E-state index is 12.4. The zero-order valence-electron chi connectivity index (χ0n) is 17.1. The summed E-state index contributed by atoms with van der Waals surface area (Å²) in [6.45, 7) is 15.5. The van der Waals surface area contributed by atoms with Crippen molar-refractivity contribution < 1.29 is 19.4 Å². The molecule has 26 heavy (non-hydrogen) atoms. The van der Waals surface area contributed by atoms with Gasteiger partial charge in [-0.2, -0.15) is 0 Å². The Balaban J connectivity index is 2.46. The number of esters is 1. The molecule has 0 spiro atoms. The quantitative estimate of drug-likeness (QED) is 0.587. The third kappa shape index (κ3) is 3.53. The number of aliphatic hydroxyl groups is 1. The SMILES string of the molecule is C=C[C@@](C)(O)CC[C@@]1(C)[C@H](C)C[C@@H](OC(C)=O)[C@@]2(C)C(C)=CC(=O)C[C@@H]12. The fourth-order valence-electron chi connectivity index (χ4n) is 5.13. The van der Waals surface area contributed by atoms with E-state index in [4.69, 9.17) is 4.74 Å². The lowest BCUT2D eigenvalue weighted by Crippen LogP contribution is -2.58. The molecule has 6 atom stereocenters. The number of hydrogen-bond donors (Lipinski definition) is 1. The van der Waals surface area contributed by atoms with E-state index in [0.29, 0.717) is 12.8 Å². The van der Waals surface area contributed by atoms with Crippen LogP contribution in [0.3, 0.4) is 0 Å². The van der Waals surface area contributed by atoms with E-state index in [9.17, 15) is 14.7 Å². The Bertz CT molecular complexity index is 632. The summed E-state index contributed by atoms with van der Waals surface area (Å²) in [7, 11) is 0. The van der Waals surface area contributed by atoms with Gasteiger partial charge in [-0.05, 0) is 56.4 Å². The third-order valence-corrected chi connectivity index (χ3v) is 7.43. The molecule has 0 unspecified atom stereocenters. The summed E-state index contributed by atoms with van der Waals surface area (Å²) < 4.78 is 5.74. The first-order chi connectivity index (χ1) is 11.9. The van der Waals surface area contributed by atoms with E-state index in [1.807, 2.05) is 6.92 Å². The highest BCUT2D eigenvalue weighted by atomic mass is 16.5. The molecule has 0 heterocycles. The Morgan fingerprint density at radius 3 is 2.65 bits per heavy atom. The molecular formula is C22H34O4. The van der Waals surface area contributed by atoms with E-state index in [1.54, 1.807) is 19.1 Å². The van der Waals surface area contributed by atoms with Crippen molar-refractivity contribution in [1.82, 2.24) is 0 Å². The molecule has 2 aliphatic carbocycles. The Morgan fingerprint density at radius 1 is 1.50 bits per heavy atom. The van der Waals surface area contributed by atoms with Gasteiger partial charge < -0.3 is 9.84 Å². The first-order valence-electron chi connectivity index (χ1n) is 9.61. The van der Waals surface area contributed by atoms with Gasteiger partial charge in [0.1, 0.15) is 6.10 Å². The molecule has 4 nitrogen and oxygen atoms in total. The van der Waals surface area contributed by atoms with E-state index in [2.05, 4.69) is 27.4 Å². The fraction of sp³-hybridized carbons (Fsp3) is 0.727. The van der Waals surface area contributed by atoms with Gasteiger partial charge >= 0.3 is 5.97 Å². The maximum Gasteiger partial charge on any atom is 0.302 e. The largest absolute Gasteiger partial charge is 0.462 e. The summed E-state index contributed by atoms with van der Waals surface area (Å²) in [6, 6.07) is 0. The second-order valence-corrected chi connectivity index (χ2v) is 9.14. The van der Waals surface area contributed by atoms with Gasteiger partial charge in [0.2, 0.25) is 0 Å². The Labute approximate surface area is 157 Å². The minimum absolute atomic E-state index is 0.0706. The summed E-state index contributed by atoms with van der Waals surface area (Å²) >= 11 is 0. The summed E-state index contributed by atoms with van der Waals surface area (Å²) in [4.78, 5) is 24.1. The summed E-state index contributed by atoms with van der Waals surface area (Å²) in [5.74, 6) is 0.206. The van der Waals surface area contributed by atoms with Gasteiger partial charge in [-0.25, -0.2) is 0 Å². The average molecular weight is 363 g/mol. The predicted molar refractivity (Wildman–Crippen MR) is 102 cm³/mol. The lowest BCUT2D eigenvalue weighted by molar-refractivity contribution is -0.175. The van der Waals surface area contributed by atoms with E-state index in [1.165, 1.54) is 6.92 Å². The van der Waals surface area contributed by atoms with Crippen molar-refractivity contribution in [3.05, 3.63) is 24.3 Å². The summed E-state index contributed by atoms with van der Waals surface area (Å²) in [5, 5.41) is 10.4. The zero-order valence-corrected chi connectivity index (χ0v) is 17.1. The van der Waals surface area contributed by atoms with Crippen molar-refractivity contribution in [2.24, 2.45) is 22.7 Å². The molecule has 1 saturated carbocycles. The van der Waals surface area contributed by atoms with Crippen molar-refractivity contribution in [2.75, 3.05) is 0 Å². The van der Waals surface area contributed by atoms with Gasteiger partial charge in [0, 0.05) is 18.8 Å². The van der Waals surface area contributed by atoms with Crippen molar-refractivity contribution in [3.8, 4) is 0 Å². The van der Waals surface area contributed by atoms with E-state index < -0.39 is 5.60 Å².